The number of methoxy groups -OCH3 is 1. The lowest BCUT2D eigenvalue weighted by Gasteiger charge is -2.29. The van der Waals surface area contributed by atoms with E-state index in [-0.39, 0.29) is 12.5 Å². The van der Waals surface area contributed by atoms with Crippen LogP contribution < -0.4 is 20.1 Å². The third-order valence-corrected chi connectivity index (χ3v) is 10.1. The molecule has 0 bridgehead atoms. The normalized spacial score (nSPS) is 13.9. The number of anilines is 2. The van der Waals surface area contributed by atoms with Crippen molar-refractivity contribution < 1.29 is 14.3 Å². The van der Waals surface area contributed by atoms with Gasteiger partial charge in [-0.2, -0.15) is 4.98 Å². The monoisotopic (exact) mass is 719 g/mol. The number of ether oxygens (including phenoxy) is 2. The quantitative estimate of drug-likeness (QED) is 0.139. The summed E-state index contributed by atoms with van der Waals surface area (Å²) in [7, 11) is 1.57. The Balaban J connectivity index is 1.37. The van der Waals surface area contributed by atoms with Crippen molar-refractivity contribution in [3.63, 3.8) is 0 Å². The number of thioether (sulfide) groups is 1. The molecule has 1 unspecified atom stereocenters. The second-order valence-corrected chi connectivity index (χ2v) is 13.4. The molecule has 1 aliphatic rings. The highest BCUT2D eigenvalue weighted by Crippen LogP contribution is 2.41. The van der Waals surface area contributed by atoms with E-state index in [9.17, 15) is 4.79 Å². The van der Waals surface area contributed by atoms with Crippen LogP contribution in [0, 0.1) is 13.8 Å². The Bertz CT molecular complexity index is 2030. The van der Waals surface area contributed by atoms with Crippen LogP contribution >= 0.6 is 46.6 Å². The van der Waals surface area contributed by atoms with E-state index in [1.807, 2.05) is 75.4 Å². The Morgan fingerprint density at radius 3 is 2.42 bits per heavy atom. The van der Waals surface area contributed by atoms with E-state index in [1.54, 1.807) is 36.1 Å². The molecular weight excluding hydrogens is 689 g/mol. The molecule has 0 saturated heterocycles. The second-order valence-electron chi connectivity index (χ2n) is 11.2. The van der Waals surface area contributed by atoms with Crippen molar-refractivity contribution in [2.45, 2.75) is 44.3 Å². The van der Waals surface area contributed by atoms with Crippen LogP contribution in [0.25, 0.3) is 0 Å². The van der Waals surface area contributed by atoms with Gasteiger partial charge in [0.15, 0.2) is 11.5 Å². The van der Waals surface area contributed by atoms with Crippen molar-refractivity contribution in [2.75, 3.05) is 17.7 Å². The maximum atomic E-state index is 14.2. The van der Waals surface area contributed by atoms with Gasteiger partial charge >= 0.3 is 0 Å². The number of carbonyl (C=O) groups excluding carboxylic acids is 1. The fraction of sp³-hybridized carbons (Fsp3) is 0.194. The molecule has 1 aromatic heterocycles. The molecule has 246 valence electrons. The number of rotatable bonds is 10. The zero-order valence-electron chi connectivity index (χ0n) is 26.6. The molecule has 1 amide bonds. The molecule has 5 aromatic rings. The fourth-order valence-electron chi connectivity index (χ4n) is 5.42. The van der Waals surface area contributed by atoms with Crippen molar-refractivity contribution in [1.82, 2.24) is 14.8 Å². The first-order chi connectivity index (χ1) is 23.1. The smallest absolute Gasteiger partial charge is 0.255 e. The first kappa shape index (κ1) is 33.7. The maximum absolute atomic E-state index is 14.2. The highest BCUT2D eigenvalue weighted by Gasteiger charge is 2.35. The van der Waals surface area contributed by atoms with Crippen molar-refractivity contribution >= 4 is 64.1 Å². The molecule has 2 heterocycles. The number of hydrogen-bond donors (Lipinski definition) is 2. The molecule has 0 aliphatic carbocycles. The van der Waals surface area contributed by atoms with Crippen LogP contribution in [0.5, 0.6) is 11.5 Å². The van der Waals surface area contributed by atoms with Gasteiger partial charge in [0.25, 0.3) is 5.91 Å². The summed E-state index contributed by atoms with van der Waals surface area (Å²) in [5, 5.41) is 13.6. The Kier molecular flexibility index (Phi) is 10.2. The van der Waals surface area contributed by atoms with Crippen LogP contribution in [-0.2, 0) is 17.2 Å². The summed E-state index contributed by atoms with van der Waals surface area (Å²) in [6.45, 7) is 6.00. The van der Waals surface area contributed by atoms with E-state index in [0.29, 0.717) is 60.3 Å². The summed E-state index contributed by atoms with van der Waals surface area (Å²) in [5.41, 5.74) is 6.33. The number of benzene rings is 4. The minimum Gasteiger partial charge on any atom is -0.493 e. The Labute approximate surface area is 298 Å². The maximum Gasteiger partial charge on any atom is 0.255 e. The molecule has 8 nitrogen and oxygen atoms in total. The number of amides is 1. The summed E-state index contributed by atoms with van der Waals surface area (Å²) in [5.74, 6) is 1.78. The molecule has 0 fully saturated rings. The van der Waals surface area contributed by atoms with Crippen molar-refractivity contribution in [3.05, 3.63) is 133 Å². The average Bonchev–Trinajstić information content (AvgIpc) is 3.48. The third-order valence-electron chi connectivity index (χ3n) is 8.18. The lowest BCUT2D eigenvalue weighted by molar-refractivity contribution is -0.113. The van der Waals surface area contributed by atoms with Gasteiger partial charge in [0.05, 0.1) is 12.7 Å². The van der Waals surface area contributed by atoms with Gasteiger partial charge in [-0.1, -0.05) is 89.0 Å². The molecule has 1 atom stereocenters. The van der Waals surface area contributed by atoms with E-state index in [2.05, 4.69) is 10.6 Å². The molecule has 0 radical (unpaired) electrons. The SMILES string of the molecule is COc1cc(C2C(C(=O)Nc3cccc(C)c3C)=C(C)Nc3nc(SCc4ccccc4Cl)nn32)ccc1OCc1c(Cl)cccc1Cl. The predicted molar refractivity (Wildman–Crippen MR) is 194 cm³/mol. The number of aromatic nitrogens is 3. The number of allylic oxidation sites excluding steroid dienone is 1. The van der Waals surface area contributed by atoms with Gasteiger partial charge in [-0.05, 0) is 79.4 Å². The summed E-state index contributed by atoms with van der Waals surface area (Å²) < 4.78 is 13.6. The minimum atomic E-state index is -0.644. The van der Waals surface area contributed by atoms with Crippen molar-refractivity contribution in [2.24, 2.45) is 0 Å². The Morgan fingerprint density at radius 2 is 1.67 bits per heavy atom. The van der Waals surface area contributed by atoms with Gasteiger partial charge in [-0.15, -0.1) is 5.10 Å². The number of carbonyl (C=O) groups is 1. The standard InChI is InChI=1S/C36H32Cl3N5O3S/c1-20-9-7-14-29(21(20)2)41-34(45)32-22(3)40-35-42-36(48-19-24-10-5-6-11-26(24)37)43-44(35)33(32)23-15-16-30(31(17-23)46-4)47-18-25-27(38)12-8-13-28(25)39/h5-17,33H,18-19H2,1-4H3,(H,41,45)(H,40,42,43). The summed E-state index contributed by atoms with van der Waals surface area (Å²) in [6, 6.07) is 23.7. The van der Waals surface area contributed by atoms with E-state index >= 15 is 0 Å². The molecule has 12 heteroatoms. The van der Waals surface area contributed by atoms with Gasteiger partial charge in [0, 0.05) is 37.8 Å². The summed E-state index contributed by atoms with van der Waals surface area (Å²) in [4.78, 5) is 18.9. The van der Waals surface area contributed by atoms with E-state index in [0.717, 1.165) is 27.9 Å². The molecule has 1 aliphatic heterocycles. The molecule has 2 N–H and O–H groups in total. The number of hydrogen-bond acceptors (Lipinski definition) is 7. The van der Waals surface area contributed by atoms with Crippen molar-refractivity contribution in [3.8, 4) is 11.5 Å². The number of fused-ring (bicyclic) bond motifs is 1. The first-order valence-electron chi connectivity index (χ1n) is 15.1. The number of nitrogens with zero attached hydrogens (tertiary/aromatic N) is 3. The van der Waals surface area contributed by atoms with Crippen LogP contribution in [0.2, 0.25) is 15.1 Å². The van der Waals surface area contributed by atoms with Crippen LogP contribution in [-0.4, -0.2) is 27.8 Å². The fourth-order valence-corrected chi connectivity index (χ4v) is 7.04. The number of halogens is 3. The Morgan fingerprint density at radius 1 is 0.938 bits per heavy atom. The highest BCUT2D eigenvalue weighted by atomic mass is 35.5. The van der Waals surface area contributed by atoms with Gasteiger partial charge < -0.3 is 20.1 Å². The van der Waals surface area contributed by atoms with Crippen LogP contribution in [0.3, 0.4) is 0 Å². The topological polar surface area (TPSA) is 90.3 Å². The predicted octanol–water partition coefficient (Wildman–Crippen LogP) is 9.66. The van der Waals surface area contributed by atoms with Crippen LogP contribution in [0.4, 0.5) is 11.6 Å². The van der Waals surface area contributed by atoms with E-state index in [1.165, 1.54) is 11.8 Å². The van der Waals surface area contributed by atoms with Crippen LogP contribution in [0.15, 0.2) is 95.3 Å². The van der Waals surface area contributed by atoms with E-state index in [4.69, 9.17) is 54.4 Å². The highest BCUT2D eigenvalue weighted by molar-refractivity contribution is 7.98. The largest absolute Gasteiger partial charge is 0.493 e. The molecule has 0 spiro atoms. The lowest BCUT2D eigenvalue weighted by atomic mass is 9.94. The summed E-state index contributed by atoms with van der Waals surface area (Å²) in [6.07, 6.45) is 0. The van der Waals surface area contributed by atoms with Gasteiger partial charge in [-0.25, -0.2) is 4.68 Å². The van der Waals surface area contributed by atoms with Crippen molar-refractivity contribution in [1.29, 1.82) is 0 Å². The van der Waals surface area contributed by atoms with Gasteiger partial charge in [0.1, 0.15) is 12.6 Å². The number of nitrogens with one attached hydrogen (secondary N) is 2. The van der Waals surface area contributed by atoms with Gasteiger partial charge in [0.2, 0.25) is 11.1 Å². The first-order valence-corrected chi connectivity index (χ1v) is 17.2. The molecule has 4 aromatic carbocycles. The molecule has 48 heavy (non-hydrogen) atoms. The van der Waals surface area contributed by atoms with E-state index < -0.39 is 6.04 Å². The summed E-state index contributed by atoms with van der Waals surface area (Å²) >= 11 is 20.6. The van der Waals surface area contributed by atoms with Crippen LogP contribution in [0.1, 0.15) is 40.8 Å². The number of aryl methyl sites for hydroxylation is 1. The molecule has 0 saturated carbocycles. The average molecular weight is 721 g/mol. The van der Waals surface area contributed by atoms with Gasteiger partial charge in [-0.3, -0.25) is 4.79 Å². The third kappa shape index (κ3) is 7.00. The molecule has 6 rings (SSSR count). The lowest BCUT2D eigenvalue weighted by Crippen LogP contribution is -2.31. The Hall–Kier alpha value is -4.15. The minimum absolute atomic E-state index is 0.142. The second kappa shape index (κ2) is 14.5. The molecular formula is C36H32Cl3N5O3S. The zero-order chi connectivity index (χ0) is 33.9. The zero-order valence-corrected chi connectivity index (χ0v) is 29.7.